The van der Waals surface area contributed by atoms with E-state index in [0.29, 0.717) is 11.3 Å². The van der Waals surface area contributed by atoms with Crippen molar-refractivity contribution in [3.63, 3.8) is 0 Å². The zero-order valence-corrected chi connectivity index (χ0v) is 22.3. The first-order valence-corrected chi connectivity index (χ1v) is 12.8. The van der Waals surface area contributed by atoms with E-state index in [1.807, 2.05) is 36.4 Å². The predicted molar refractivity (Wildman–Crippen MR) is 150 cm³/mol. The van der Waals surface area contributed by atoms with Gasteiger partial charge in [-0.1, -0.05) is 45.0 Å². The van der Waals surface area contributed by atoms with Gasteiger partial charge in [0.1, 0.15) is 5.82 Å². The number of benzene rings is 2. The Morgan fingerprint density at radius 2 is 1.64 bits per heavy atom. The molecule has 36 heavy (non-hydrogen) atoms. The monoisotopic (exact) mass is 485 g/mol. The van der Waals surface area contributed by atoms with E-state index in [1.165, 1.54) is 16.8 Å². The summed E-state index contributed by atoms with van der Waals surface area (Å²) in [5.74, 6) is 0.841. The van der Waals surface area contributed by atoms with Crippen LogP contribution in [-0.2, 0) is 12.0 Å². The number of hydrogen-bond acceptors (Lipinski definition) is 5. The van der Waals surface area contributed by atoms with Crippen molar-refractivity contribution in [3.8, 4) is 0 Å². The number of hydrogen-bond donors (Lipinski definition) is 1. The fraction of sp³-hybridized carbons (Fsp3) is 0.400. The maximum atomic E-state index is 12.7. The van der Waals surface area contributed by atoms with Gasteiger partial charge in [-0.25, -0.2) is 4.98 Å². The van der Waals surface area contributed by atoms with E-state index >= 15 is 0 Å². The van der Waals surface area contributed by atoms with E-state index in [4.69, 9.17) is 0 Å². The smallest absolute Gasteiger partial charge is 0.255 e. The molecule has 1 aliphatic rings. The summed E-state index contributed by atoms with van der Waals surface area (Å²) in [5.41, 5.74) is 5.21. The van der Waals surface area contributed by atoms with Gasteiger partial charge < -0.3 is 15.1 Å². The molecular formula is C30H39N5O. The molecule has 1 amide bonds. The maximum absolute atomic E-state index is 12.7. The summed E-state index contributed by atoms with van der Waals surface area (Å²) in [6.07, 6.45) is 2.85. The molecule has 0 bridgehead atoms. The van der Waals surface area contributed by atoms with E-state index in [1.54, 1.807) is 6.20 Å². The van der Waals surface area contributed by atoms with Gasteiger partial charge in [0, 0.05) is 58.1 Å². The van der Waals surface area contributed by atoms with E-state index in [2.05, 4.69) is 84.1 Å². The molecule has 0 saturated carbocycles. The normalized spacial score (nSPS) is 14.9. The number of carbonyl (C=O) groups excluding carboxylic acids is 1. The third kappa shape index (κ3) is 6.64. The molecule has 4 rings (SSSR count). The van der Waals surface area contributed by atoms with Crippen LogP contribution in [-0.4, -0.2) is 56.1 Å². The summed E-state index contributed by atoms with van der Waals surface area (Å²) >= 11 is 0. The average Bonchev–Trinajstić information content (AvgIpc) is 3.10. The van der Waals surface area contributed by atoms with Crippen molar-refractivity contribution in [3.05, 3.63) is 83.6 Å². The van der Waals surface area contributed by atoms with Crippen molar-refractivity contribution in [2.45, 2.75) is 39.2 Å². The highest BCUT2D eigenvalue weighted by Crippen LogP contribution is 2.23. The van der Waals surface area contributed by atoms with Crippen molar-refractivity contribution in [1.82, 2.24) is 9.88 Å². The maximum Gasteiger partial charge on any atom is 0.255 e. The second-order valence-corrected chi connectivity index (χ2v) is 10.9. The van der Waals surface area contributed by atoms with Gasteiger partial charge in [0.2, 0.25) is 0 Å². The zero-order valence-electron chi connectivity index (χ0n) is 22.3. The molecule has 0 radical (unpaired) electrons. The van der Waals surface area contributed by atoms with Gasteiger partial charge in [0.15, 0.2) is 0 Å². The molecule has 1 fully saturated rings. The summed E-state index contributed by atoms with van der Waals surface area (Å²) in [6.45, 7) is 11.5. The number of nitrogens with zero attached hydrogens (tertiary/aromatic N) is 4. The van der Waals surface area contributed by atoms with Gasteiger partial charge in [0.05, 0.1) is 11.9 Å². The van der Waals surface area contributed by atoms with Crippen LogP contribution < -0.4 is 15.1 Å². The molecule has 2 heterocycles. The van der Waals surface area contributed by atoms with E-state index in [0.717, 1.165) is 45.0 Å². The summed E-state index contributed by atoms with van der Waals surface area (Å²) < 4.78 is 0. The molecule has 1 saturated heterocycles. The van der Waals surface area contributed by atoms with Crippen molar-refractivity contribution >= 4 is 23.1 Å². The molecule has 1 aromatic heterocycles. The lowest BCUT2D eigenvalue weighted by Gasteiger charge is -2.23. The standard InChI is InChI=1S/C30H39N5O/c1-30(2,3)25-11-9-24(10-12-25)29(36)32-26-13-16-28(31-21-26)35-18-6-17-34(19-20-35)22-23-7-14-27(15-8-23)33(4)5/h7-16,21H,6,17-20,22H2,1-5H3,(H,32,36). The number of carbonyl (C=O) groups is 1. The zero-order chi connectivity index (χ0) is 25.7. The summed E-state index contributed by atoms with van der Waals surface area (Å²) in [6, 6.07) is 20.6. The van der Waals surface area contributed by atoms with Gasteiger partial charge in [-0.3, -0.25) is 9.69 Å². The Labute approximate surface area is 215 Å². The molecule has 6 nitrogen and oxygen atoms in total. The van der Waals surface area contributed by atoms with Crippen molar-refractivity contribution in [2.75, 3.05) is 55.4 Å². The number of anilines is 3. The van der Waals surface area contributed by atoms with Gasteiger partial charge in [-0.05, 0) is 59.4 Å². The number of amides is 1. The molecule has 2 aromatic carbocycles. The Kier molecular flexibility index (Phi) is 7.94. The van der Waals surface area contributed by atoms with Crippen LogP contribution in [0.15, 0.2) is 66.9 Å². The lowest BCUT2D eigenvalue weighted by atomic mass is 9.87. The summed E-state index contributed by atoms with van der Waals surface area (Å²) in [5, 5.41) is 2.97. The number of aromatic nitrogens is 1. The number of pyridine rings is 1. The molecule has 0 aliphatic carbocycles. The third-order valence-electron chi connectivity index (χ3n) is 6.79. The second-order valence-electron chi connectivity index (χ2n) is 10.9. The van der Waals surface area contributed by atoms with E-state index in [9.17, 15) is 4.79 Å². The van der Waals surface area contributed by atoms with E-state index < -0.39 is 0 Å². The molecule has 6 heteroatoms. The first kappa shape index (κ1) is 25.7. The van der Waals surface area contributed by atoms with Crippen LogP contribution in [0.5, 0.6) is 0 Å². The molecule has 3 aromatic rings. The fourth-order valence-electron chi connectivity index (χ4n) is 4.49. The lowest BCUT2D eigenvalue weighted by molar-refractivity contribution is 0.102. The van der Waals surface area contributed by atoms with Crippen LogP contribution in [0.4, 0.5) is 17.2 Å². The van der Waals surface area contributed by atoms with Gasteiger partial charge >= 0.3 is 0 Å². The topological polar surface area (TPSA) is 51.7 Å². The quantitative estimate of drug-likeness (QED) is 0.506. The van der Waals surface area contributed by atoms with E-state index in [-0.39, 0.29) is 11.3 Å². The summed E-state index contributed by atoms with van der Waals surface area (Å²) in [4.78, 5) is 24.3. The first-order chi connectivity index (χ1) is 17.2. The fourth-order valence-corrected chi connectivity index (χ4v) is 4.49. The molecule has 1 N–H and O–H groups in total. The highest BCUT2D eigenvalue weighted by molar-refractivity contribution is 6.04. The summed E-state index contributed by atoms with van der Waals surface area (Å²) in [7, 11) is 4.14. The third-order valence-corrected chi connectivity index (χ3v) is 6.79. The van der Waals surface area contributed by atoms with Crippen molar-refractivity contribution < 1.29 is 4.79 Å². The van der Waals surface area contributed by atoms with Crippen LogP contribution in [0.1, 0.15) is 48.7 Å². The largest absolute Gasteiger partial charge is 0.378 e. The average molecular weight is 486 g/mol. The van der Waals surface area contributed by atoms with Gasteiger partial charge in [-0.2, -0.15) is 0 Å². The minimum atomic E-state index is -0.117. The Morgan fingerprint density at radius 1 is 0.917 bits per heavy atom. The van der Waals surface area contributed by atoms with Crippen molar-refractivity contribution in [1.29, 1.82) is 0 Å². The number of rotatable bonds is 6. The van der Waals surface area contributed by atoms with Crippen LogP contribution in [0.2, 0.25) is 0 Å². The molecule has 0 atom stereocenters. The molecular weight excluding hydrogens is 446 g/mol. The van der Waals surface area contributed by atoms with Crippen LogP contribution in [0, 0.1) is 0 Å². The van der Waals surface area contributed by atoms with Crippen LogP contribution in [0.25, 0.3) is 0 Å². The molecule has 1 aliphatic heterocycles. The lowest BCUT2D eigenvalue weighted by Crippen LogP contribution is -2.31. The Morgan fingerprint density at radius 3 is 2.25 bits per heavy atom. The van der Waals surface area contributed by atoms with Crippen LogP contribution in [0.3, 0.4) is 0 Å². The minimum absolute atomic E-state index is 0.0661. The second kappa shape index (κ2) is 11.1. The first-order valence-electron chi connectivity index (χ1n) is 12.8. The highest BCUT2D eigenvalue weighted by Gasteiger charge is 2.17. The minimum Gasteiger partial charge on any atom is -0.378 e. The Hall–Kier alpha value is -3.38. The number of nitrogens with one attached hydrogen (secondary N) is 1. The molecule has 0 spiro atoms. The van der Waals surface area contributed by atoms with Gasteiger partial charge in [0.25, 0.3) is 5.91 Å². The predicted octanol–water partition coefficient (Wildman–Crippen LogP) is 5.41. The van der Waals surface area contributed by atoms with Crippen molar-refractivity contribution in [2.24, 2.45) is 0 Å². The SMILES string of the molecule is CN(C)c1ccc(CN2CCCN(c3ccc(NC(=O)c4ccc(C(C)(C)C)cc4)cn3)CC2)cc1. The molecule has 190 valence electrons. The highest BCUT2D eigenvalue weighted by atomic mass is 16.1. The Balaban J connectivity index is 1.31. The Bertz CT molecular complexity index is 1130. The van der Waals surface area contributed by atoms with Crippen LogP contribution >= 0.6 is 0 Å². The van der Waals surface area contributed by atoms with Gasteiger partial charge in [-0.15, -0.1) is 0 Å². The molecule has 0 unspecified atom stereocenters.